The van der Waals surface area contributed by atoms with E-state index in [9.17, 15) is 0 Å². The van der Waals surface area contributed by atoms with Gasteiger partial charge in [0.2, 0.25) is 0 Å². The van der Waals surface area contributed by atoms with E-state index in [4.69, 9.17) is 10.5 Å². The van der Waals surface area contributed by atoms with Crippen LogP contribution in [0.2, 0.25) is 0 Å². The molecule has 2 atom stereocenters. The lowest BCUT2D eigenvalue weighted by molar-refractivity contribution is 0.314. The van der Waals surface area contributed by atoms with Gasteiger partial charge in [-0.25, -0.2) is 0 Å². The maximum absolute atomic E-state index is 5.91. The van der Waals surface area contributed by atoms with Crippen molar-refractivity contribution in [3.8, 4) is 0 Å². The minimum atomic E-state index is 0.408. The zero-order chi connectivity index (χ0) is 11.1. The number of rotatable bonds is 0. The fraction of sp³-hybridized carbons (Fsp3) is 0.429. The molecule has 16 heavy (non-hydrogen) atoms. The van der Waals surface area contributed by atoms with E-state index in [1.54, 1.807) is 0 Å². The van der Waals surface area contributed by atoms with E-state index >= 15 is 0 Å². The summed E-state index contributed by atoms with van der Waals surface area (Å²) in [6, 6.07) is 0. The summed E-state index contributed by atoms with van der Waals surface area (Å²) in [5.74, 6) is 3.27. The molecule has 0 amide bonds. The van der Waals surface area contributed by atoms with Gasteiger partial charge in [0.15, 0.2) is 0 Å². The summed E-state index contributed by atoms with van der Waals surface area (Å²) in [4.78, 5) is 0. The van der Waals surface area contributed by atoms with Gasteiger partial charge < -0.3 is 10.5 Å². The summed E-state index contributed by atoms with van der Waals surface area (Å²) in [5.41, 5.74) is 8.32. The Kier molecular flexibility index (Phi) is 2.16. The SMILES string of the molecule is C[C@H]1CC=CC2=C(C1)C1CC(N)=CC=C1O2. The molecule has 1 heterocycles. The van der Waals surface area contributed by atoms with Crippen molar-refractivity contribution in [1.82, 2.24) is 0 Å². The molecule has 84 valence electrons. The van der Waals surface area contributed by atoms with E-state index < -0.39 is 0 Å². The fourth-order valence-corrected chi connectivity index (χ4v) is 2.72. The van der Waals surface area contributed by atoms with E-state index in [1.807, 2.05) is 12.2 Å². The Bertz CT molecular complexity index is 440. The molecule has 0 radical (unpaired) electrons. The van der Waals surface area contributed by atoms with Gasteiger partial charge in [-0.3, -0.25) is 0 Å². The molecule has 0 saturated heterocycles. The summed E-state index contributed by atoms with van der Waals surface area (Å²) in [6.45, 7) is 2.30. The molecule has 2 heteroatoms. The van der Waals surface area contributed by atoms with Crippen LogP contribution in [0, 0.1) is 11.8 Å². The summed E-state index contributed by atoms with van der Waals surface area (Å²) in [6.07, 6.45) is 11.5. The van der Waals surface area contributed by atoms with Gasteiger partial charge in [-0.1, -0.05) is 13.0 Å². The number of nitrogens with two attached hydrogens (primary N) is 1. The quantitative estimate of drug-likeness (QED) is 0.674. The molecule has 2 aliphatic carbocycles. The highest BCUT2D eigenvalue weighted by Gasteiger charge is 2.34. The van der Waals surface area contributed by atoms with Gasteiger partial charge in [0.25, 0.3) is 0 Å². The maximum Gasteiger partial charge on any atom is 0.126 e. The van der Waals surface area contributed by atoms with Crippen molar-refractivity contribution >= 4 is 0 Å². The normalized spacial score (nSPS) is 32.3. The summed E-state index contributed by atoms with van der Waals surface area (Å²) in [7, 11) is 0. The molecule has 2 nitrogen and oxygen atoms in total. The predicted molar refractivity (Wildman–Crippen MR) is 64.1 cm³/mol. The van der Waals surface area contributed by atoms with Crippen LogP contribution in [0.1, 0.15) is 26.2 Å². The van der Waals surface area contributed by atoms with Crippen molar-refractivity contribution in [3.05, 3.63) is 47.1 Å². The molecule has 0 saturated carbocycles. The van der Waals surface area contributed by atoms with Crippen molar-refractivity contribution in [3.63, 3.8) is 0 Å². The molecule has 0 spiro atoms. The third-order valence-electron chi connectivity index (χ3n) is 3.59. The van der Waals surface area contributed by atoms with Gasteiger partial charge in [-0.05, 0) is 42.6 Å². The molecule has 2 N–H and O–H groups in total. The van der Waals surface area contributed by atoms with Crippen molar-refractivity contribution in [2.24, 2.45) is 17.6 Å². The molecule has 3 rings (SSSR count). The van der Waals surface area contributed by atoms with E-state index in [0.29, 0.717) is 11.8 Å². The highest BCUT2D eigenvalue weighted by molar-refractivity contribution is 5.40. The molecule has 0 aromatic carbocycles. The van der Waals surface area contributed by atoms with Crippen molar-refractivity contribution in [2.45, 2.75) is 26.2 Å². The summed E-state index contributed by atoms with van der Waals surface area (Å²) < 4.78 is 5.90. The van der Waals surface area contributed by atoms with Crippen molar-refractivity contribution < 1.29 is 4.74 Å². The molecule has 0 aromatic rings. The third-order valence-corrected chi connectivity index (χ3v) is 3.59. The first-order valence-corrected chi connectivity index (χ1v) is 5.97. The molecule has 0 aromatic heterocycles. The van der Waals surface area contributed by atoms with Gasteiger partial charge in [0.1, 0.15) is 11.5 Å². The number of hydrogen-bond donors (Lipinski definition) is 1. The summed E-state index contributed by atoms with van der Waals surface area (Å²) in [5, 5.41) is 0. The van der Waals surface area contributed by atoms with E-state index in [1.165, 1.54) is 5.57 Å². The predicted octanol–water partition coefficient (Wildman–Crippen LogP) is 3.00. The first-order valence-electron chi connectivity index (χ1n) is 5.97. The standard InChI is InChI=1S/C14H17NO/c1-9-3-2-4-13-11(7-9)12-8-10(15)5-6-14(12)16-13/h2,4-6,9,12H,3,7-8,15H2,1H3/t9-,12?/m0/s1. The molecule has 0 bridgehead atoms. The Labute approximate surface area is 96.2 Å². The van der Waals surface area contributed by atoms with Gasteiger partial charge in [-0.2, -0.15) is 0 Å². The van der Waals surface area contributed by atoms with Crippen LogP contribution in [0.15, 0.2) is 47.1 Å². The van der Waals surface area contributed by atoms with Gasteiger partial charge in [0.05, 0.1) is 0 Å². The maximum atomic E-state index is 5.91. The number of allylic oxidation sites excluding steroid dienone is 6. The van der Waals surface area contributed by atoms with Crippen LogP contribution in [0.4, 0.5) is 0 Å². The van der Waals surface area contributed by atoms with Gasteiger partial charge in [0, 0.05) is 18.0 Å². The van der Waals surface area contributed by atoms with E-state index in [-0.39, 0.29) is 0 Å². The van der Waals surface area contributed by atoms with Gasteiger partial charge >= 0.3 is 0 Å². The zero-order valence-corrected chi connectivity index (χ0v) is 9.57. The molecule has 1 unspecified atom stereocenters. The highest BCUT2D eigenvalue weighted by atomic mass is 16.5. The smallest absolute Gasteiger partial charge is 0.126 e. The molecule has 3 aliphatic rings. The lowest BCUT2D eigenvalue weighted by Crippen LogP contribution is -2.13. The van der Waals surface area contributed by atoms with Crippen molar-refractivity contribution in [1.29, 1.82) is 0 Å². The number of fused-ring (bicyclic) bond motifs is 2. The molecular weight excluding hydrogens is 198 g/mol. The van der Waals surface area contributed by atoms with E-state index in [2.05, 4.69) is 19.1 Å². The lowest BCUT2D eigenvalue weighted by Gasteiger charge is -2.19. The number of ether oxygens (including phenoxy) is 1. The Morgan fingerprint density at radius 3 is 3.06 bits per heavy atom. The lowest BCUT2D eigenvalue weighted by atomic mass is 9.85. The Morgan fingerprint density at radius 2 is 2.19 bits per heavy atom. The third kappa shape index (κ3) is 1.49. The minimum absolute atomic E-state index is 0.408. The monoisotopic (exact) mass is 215 g/mol. The van der Waals surface area contributed by atoms with E-state index in [0.717, 1.165) is 36.5 Å². The highest BCUT2D eigenvalue weighted by Crippen LogP contribution is 2.44. The summed E-state index contributed by atoms with van der Waals surface area (Å²) >= 11 is 0. The fourth-order valence-electron chi connectivity index (χ4n) is 2.72. The van der Waals surface area contributed by atoms with Crippen LogP contribution < -0.4 is 5.73 Å². The molecular formula is C14H17NO. The average molecular weight is 215 g/mol. The zero-order valence-electron chi connectivity index (χ0n) is 9.57. The second kappa shape index (κ2) is 3.55. The first kappa shape index (κ1) is 9.76. The molecule has 1 aliphatic heterocycles. The number of hydrogen-bond acceptors (Lipinski definition) is 2. The Hall–Kier alpha value is -1.44. The minimum Gasteiger partial charge on any atom is -0.461 e. The topological polar surface area (TPSA) is 35.2 Å². The van der Waals surface area contributed by atoms with Crippen molar-refractivity contribution in [2.75, 3.05) is 0 Å². The Morgan fingerprint density at radius 1 is 1.31 bits per heavy atom. The van der Waals surface area contributed by atoms with Gasteiger partial charge in [-0.15, -0.1) is 0 Å². The Balaban J connectivity index is 1.95. The van der Waals surface area contributed by atoms with Crippen LogP contribution >= 0.6 is 0 Å². The van der Waals surface area contributed by atoms with Crippen LogP contribution in [0.3, 0.4) is 0 Å². The first-order chi connectivity index (χ1) is 7.74. The second-order valence-corrected chi connectivity index (χ2v) is 5.01. The average Bonchev–Trinajstić information content (AvgIpc) is 2.47. The second-order valence-electron chi connectivity index (χ2n) is 5.01. The molecule has 0 fully saturated rings. The van der Waals surface area contributed by atoms with Crippen LogP contribution in [0.5, 0.6) is 0 Å². The van der Waals surface area contributed by atoms with Crippen LogP contribution in [0.25, 0.3) is 0 Å². The largest absolute Gasteiger partial charge is 0.461 e. The van der Waals surface area contributed by atoms with Crippen LogP contribution in [-0.2, 0) is 4.74 Å². The van der Waals surface area contributed by atoms with Crippen LogP contribution in [-0.4, -0.2) is 0 Å².